The first-order valence-electron chi connectivity index (χ1n) is 7.51. The number of benzene rings is 2. The van der Waals surface area contributed by atoms with Gasteiger partial charge in [0.15, 0.2) is 0 Å². The highest BCUT2D eigenvalue weighted by atomic mass is 127. The fourth-order valence-corrected chi connectivity index (χ4v) is 4.19. The average Bonchev–Trinajstić information content (AvgIpc) is 2.60. The number of alkyl halides is 3. The fourth-order valence-electron chi connectivity index (χ4n) is 2.06. The molecule has 0 aromatic heterocycles. The Morgan fingerprint density at radius 1 is 1.25 bits per heavy atom. The van der Waals surface area contributed by atoms with E-state index in [1.807, 2.05) is 0 Å². The van der Waals surface area contributed by atoms with E-state index >= 15 is 0 Å². The third kappa shape index (κ3) is 5.80. The van der Waals surface area contributed by atoms with Gasteiger partial charge in [-0.15, -0.1) is 0 Å². The van der Waals surface area contributed by atoms with Crippen LogP contribution in [0.1, 0.15) is 11.1 Å². The molecule has 6 nitrogen and oxygen atoms in total. The lowest BCUT2D eigenvalue weighted by Crippen LogP contribution is -2.06. The third-order valence-electron chi connectivity index (χ3n) is 3.29. The molecule has 148 valence electrons. The molecule has 0 saturated heterocycles. The summed E-state index contributed by atoms with van der Waals surface area (Å²) in [5, 5.41) is 15.0. The van der Waals surface area contributed by atoms with E-state index in [4.69, 9.17) is 4.74 Å². The van der Waals surface area contributed by atoms with E-state index in [-0.39, 0.29) is 5.69 Å². The van der Waals surface area contributed by atoms with Crippen LogP contribution in [-0.4, -0.2) is 17.7 Å². The molecule has 0 amide bonds. The van der Waals surface area contributed by atoms with Crippen LogP contribution in [0.25, 0.3) is 0 Å². The summed E-state index contributed by atoms with van der Waals surface area (Å²) in [6, 6.07) is 5.76. The molecule has 0 fully saturated rings. The van der Waals surface area contributed by atoms with E-state index in [0.29, 0.717) is 24.0 Å². The number of anilines is 1. The quantitative estimate of drug-likeness (QED) is 0.140. The highest BCUT2D eigenvalue weighted by Gasteiger charge is 2.33. The minimum absolute atomic E-state index is 0.149. The number of nitrogens with one attached hydrogen (secondary N) is 1. The summed E-state index contributed by atoms with van der Waals surface area (Å²) >= 11 is 4.20. The molecule has 2 aromatic carbocycles. The molecule has 0 heterocycles. The van der Waals surface area contributed by atoms with Crippen molar-refractivity contribution in [1.82, 2.24) is 0 Å². The van der Waals surface area contributed by atoms with Crippen molar-refractivity contribution in [1.29, 1.82) is 0 Å². The summed E-state index contributed by atoms with van der Waals surface area (Å²) in [7, 11) is 0. The van der Waals surface area contributed by atoms with Crippen molar-refractivity contribution in [2.75, 3.05) is 12.0 Å². The molecular formula is C17H12F3I2N3O3. The largest absolute Gasteiger partial charge is 0.487 e. The van der Waals surface area contributed by atoms with Gasteiger partial charge < -0.3 is 4.74 Å². The molecule has 0 aliphatic rings. The van der Waals surface area contributed by atoms with Gasteiger partial charge in [-0.2, -0.15) is 18.3 Å². The molecule has 11 heteroatoms. The Kier molecular flexibility index (Phi) is 7.63. The molecule has 0 spiro atoms. The summed E-state index contributed by atoms with van der Waals surface area (Å²) in [5.74, 6) is 0.699. The number of halogens is 5. The molecule has 28 heavy (non-hydrogen) atoms. The van der Waals surface area contributed by atoms with Crippen molar-refractivity contribution in [2.24, 2.45) is 5.10 Å². The molecule has 1 N–H and O–H groups in total. The van der Waals surface area contributed by atoms with Gasteiger partial charge in [0.25, 0.3) is 5.69 Å². The predicted octanol–water partition coefficient (Wildman–Crippen LogP) is 5.83. The maximum absolute atomic E-state index is 12.7. The minimum Gasteiger partial charge on any atom is -0.487 e. The summed E-state index contributed by atoms with van der Waals surface area (Å²) in [6.45, 7) is 3.95. The second-order valence-corrected chi connectivity index (χ2v) is 7.59. The van der Waals surface area contributed by atoms with Gasteiger partial charge >= 0.3 is 6.18 Å². The lowest BCUT2D eigenvalue weighted by Gasteiger charge is -2.10. The molecule has 0 saturated carbocycles. The summed E-state index contributed by atoms with van der Waals surface area (Å²) < 4.78 is 45.4. The number of hydrazone groups is 1. The number of hydrogen-bond donors (Lipinski definition) is 1. The zero-order chi connectivity index (χ0) is 20.9. The second kappa shape index (κ2) is 9.54. The first-order chi connectivity index (χ1) is 13.1. The van der Waals surface area contributed by atoms with Crippen molar-refractivity contribution in [3.05, 3.63) is 71.4 Å². The Hall–Kier alpha value is -1.90. The maximum atomic E-state index is 12.7. The lowest BCUT2D eigenvalue weighted by atomic mass is 10.1. The van der Waals surface area contributed by atoms with Crippen LogP contribution < -0.4 is 10.2 Å². The molecule has 0 unspecified atom stereocenters. The Morgan fingerprint density at radius 3 is 2.43 bits per heavy atom. The Bertz CT molecular complexity index is 911. The van der Waals surface area contributed by atoms with Gasteiger partial charge in [-0.25, -0.2) is 0 Å². The van der Waals surface area contributed by atoms with Crippen molar-refractivity contribution in [2.45, 2.75) is 6.18 Å². The highest BCUT2D eigenvalue weighted by molar-refractivity contribution is 14.1. The standard InChI is InChI=1S/C17H12F3I2N3O3/c1-2-5-28-16-12(21)6-10(7-13(16)22)9-23-24-14-4-3-11(17(18,19)20)8-15(14)25(26)27/h2-4,6-9,24H,1,5H2/b23-9-. The van der Waals surface area contributed by atoms with Gasteiger partial charge in [0, 0.05) is 6.07 Å². The van der Waals surface area contributed by atoms with E-state index in [9.17, 15) is 23.3 Å². The monoisotopic (exact) mass is 617 g/mol. The zero-order valence-electron chi connectivity index (χ0n) is 14.0. The first kappa shape index (κ1) is 22.4. The molecule has 0 atom stereocenters. The van der Waals surface area contributed by atoms with Gasteiger partial charge in [-0.3, -0.25) is 15.5 Å². The van der Waals surface area contributed by atoms with Gasteiger partial charge in [0.1, 0.15) is 18.0 Å². The van der Waals surface area contributed by atoms with Crippen LogP contribution in [0.5, 0.6) is 5.75 Å². The summed E-state index contributed by atoms with van der Waals surface area (Å²) in [4.78, 5) is 10.2. The van der Waals surface area contributed by atoms with Gasteiger partial charge in [-0.1, -0.05) is 12.7 Å². The Balaban J connectivity index is 2.23. The van der Waals surface area contributed by atoms with E-state index in [2.05, 4.69) is 62.3 Å². The lowest BCUT2D eigenvalue weighted by molar-refractivity contribution is -0.384. The van der Waals surface area contributed by atoms with Crippen molar-refractivity contribution in [3.63, 3.8) is 0 Å². The zero-order valence-corrected chi connectivity index (χ0v) is 18.3. The maximum Gasteiger partial charge on any atom is 0.416 e. The molecule has 0 radical (unpaired) electrons. The Labute approximate surface area is 185 Å². The van der Waals surface area contributed by atoms with Crippen molar-refractivity contribution >= 4 is 62.8 Å². The molecule has 2 aromatic rings. The molecule has 2 rings (SSSR count). The van der Waals surface area contributed by atoms with E-state index in [1.165, 1.54) is 6.21 Å². The van der Waals surface area contributed by atoms with E-state index in [1.54, 1.807) is 18.2 Å². The average molecular weight is 617 g/mol. The molecule has 0 aliphatic carbocycles. The number of ether oxygens (including phenoxy) is 1. The van der Waals surface area contributed by atoms with Crippen LogP contribution in [0.2, 0.25) is 0 Å². The highest BCUT2D eigenvalue weighted by Crippen LogP contribution is 2.35. The molecule has 0 aliphatic heterocycles. The van der Waals surface area contributed by atoms with Gasteiger partial charge in [0.05, 0.1) is 23.8 Å². The van der Waals surface area contributed by atoms with Crippen LogP contribution in [0.4, 0.5) is 24.5 Å². The first-order valence-corrected chi connectivity index (χ1v) is 9.66. The number of nitro benzene ring substituents is 1. The summed E-state index contributed by atoms with van der Waals surface area (Å²) in [5.41, 5.74) is 1.13. The Morgan fingerprint density at radius 2 is 1.89 bits per heavy atom. The van der Waals surface area contributed by atoms with Crippen LogP contribution >= 0.6 is 45.2 Å². The molecule has 0 bridgehead atoms. The van der Waals surface area contributed by atoms with Gasteiger partial charge in [0.2, 0.25) is 0 Å². The normalized spacial score (nSPS) is 11.5. The smallest absolute Gasteiger partial charge is 0.416 e. The van der Waals surface area contributed by atoms with Crippen molar-refractivity contribution in [3.8, 4) is 5.75 Å². The SMILES string of the molecule is C=CCOc1c(I)cc(/C=N\Nc2ccc(C(F)(F)F)cc2[N+](=O)[O-])cc1I. The van der Waals surface area contributed by atoms with Crippen molar-refractivity contribution < 1.29 is 22.8 Å². The topological polar surface area (TPSA) is 76.8 Å². The van der Waals surface area contributed by atoms with Crippen LogP contribution in [-0.2, 0) is 6.18 Å². The van der Waals surface area contributed by atoms with E-state index < -0.39 is 22.4 Å². The number of hydrogen-bond acceptors (Lipinski definition) is 5. The van der Waals surface area contributed by atoms with Crippen LogP contribution in [0.15, 0.2) is 48.1 Å². The summed E-state index contributed by atoms with van der Waals surface area (Å²) in [6.07, 6.45) is -1.64. The fraction of sp³-hybridized carbons (Fsp3) is 0.118. The number of nitrogens with zero attached hydrogens (tertiary/aromatic N) is 2. The van der Waals surface area contributed by atoms with E-state index in [0.717, 1.165) is 19.3 Å². The van der Waals surface area contributed by atoms with Gasteiger partial charge in [-0.05, 0) is 75.0 Å². The number of nitro groups is 1. The predicted molar refractivity (Wildman–Crippen MR) is 117 cm³/mol. The van der Waals surface area contributed by atoms with Crippen LogP contribution in [0.3, 0.4) is 0 Å². The third-order valence-corrected chi connectivity index (χ3v) is 4.89. The second-order valence-electron chi connectivity index (χ2n) is 5.27. The molecular weight excluding hydrogens is 605 g/mol. The number of rotatable bonds is 7. The minimum atomic E-state index is -4.67. The van der Waals surface area contributed by atoms with Crippen LogP contribution in [0, 0.1) is 17.3 Å².